The lowest BCUT2D eigenvalue weighted by molar-refractivity contribution is -0.143. The van der Waals surface area contributed by atoms with Crippen molar-refractivity contribution in [3.8, 4) is 5.69 Å². The zero-order valence-electron chi connectivity index (χ0n) is 18.2. The quantitative estimate of drug-likeness (QED) is 0.221. The van der Waals surface area contributed by atoms with Crippen LogP contribution in [0.2, 0.25) is 0 Å². The molecule has 32 heavy (non-hydrogen) atoms. The van der Waals surface area contributed by atoms with Gasteiger partial charge in [0, 0.05) is 17.1 Å². The first-order valence-electron chi connectivity index (χ1n) is 10.1. The predicted octanol–water partition coefficient (Wildman–Crippen LogP) is 3.93. The van der Waals surface area contributed by atoms with Crippen molar-refractivity contribution in [3.05, 3.63) is 65.9 Å². The van der Waals surface area contributed by atoms with Crippen LogP contribution in [0.25, 0.3) is 22.7 Å². The van der Waals surface area contributed by atoms with Crippen molar-refractivity contribution in [2.45, 2.75) is 24.7 Å². The summed E-state index contributed by atoms with van der Waals surface area (Å²) in [6.45, 7) is 1.94. The molecule has 3 rings (SSSR count). The number of nitrogens with zero attached hydrogens (tertiary/aromatic N) is 1. The lowest BCUT2D eigenvalue weighted by Crippen LogP contribution is -2.15. The summed E-state index contributed by atoms with van der Waals surface area (Å²) in [5, 5.41) is 0.735. The van der Waals surface area contributed by atoms with Crippen LogP contribution in [0.3, 0.4) is 0 Å². The van der Waals surface area contributed by atoms with E-state index in [4.69, 9.17) is 9.47 Å². The van der Waals surface area contributed by atoms with Crippen molar-refractivity contribution in [1.82, 2.24) is 4.57 Å². The van der Waals surface area contributed by atoms with E-state index in [2.05, 4.69) is 0 Å². The van der Waals surface area contributed by atoms with Gasteiger partial charge in [-0.2, -0.15) is 0 Å². The summed E-state index contributed by atoms with van der Waals surface area (Å²) in [5.41, 5.74) is 1.51. The average molecular weight is 456 g/mol. The maximum absolute atomic E-state index is 13.0. The molecular weight excluding hydrogens is 430 g/mol. The van der Waals surface area contributed by atoms with Gasteiger partial charge in [0.2, 0.25) is 0 Å². The summed E-state index contributed by atoms with van der Waals surface area (Å²) in [4.78, 5) is 24.5. The average Bonchev–Trinajstić information content (AvgIpc) is 3.18. The molecule has 0 spiro atoms. The van der Waals surface area contributed by atoms with Crippen LogP contribution in [0.15, 0.2) is 65.2 Å². The van der Waals surface area contributed by atoms with Crippen LogP contribution in [0.1, 0.15) is 25.3 Å². The monoisotopic (exact) mass is 455 g/mol. The zero-order valence-corrected chi connectivity index (χ0v) is 19.0. The fourth-order valence-corrected chi connectivity index (χ4v) is 5.12. The normalized spacial score (nSPS) is 11.2. The number of rotatable bonds is 8. The highest BCUT2D eigenvalue weighted by atomic mass is 32.2. The van der Waals surface area contributed by atoms with Gasteiger partial charge in [-0.3, -0.25) is 0 Å². The number of carbonyl (C=O) groups excluding carboxylic acids is 2. The minimum atomic E-state index is -3.50. The molecule has 0 amide bonds. The number of hydrogen-bond acceptors (Lipinski definition) is 6. The van der Waals surface area contributed by atoms with Crippen LogP contribution in [-0.2, 0) is 28.9 Å². The van der Waals surface area contributed by atoms with Gasteiger partial charge in [0.25, 0.3) is 0 Å². The second-order valence-corrected chi connectivity index (χ2v) is 9.23. The molecule has 168 valence electrons. The topological polar surface area (TPSA) is 91.7 Å². The molecule has 0 saturated carbocycles. The Morgan fingerprint density at radius 1 is 0.969 bits per heavy atom. The molecular formula is C24H25NO6S. The summed E-state index contributed by atoms with van der Waals surface area (Å²) in [6.07, 6.45) is 4.43. The summed E-state index contributed by atoms with van der Waals surface area (Å²) in [7, 11) is -1.14. The number of hydrogen-bond donors (Lipinski definition) is 0. The van der Waals surface area contributed by atoms with Gasteiger partial charge in [-0.15, -0.1) is 0 Å². The van der Waals surface area contributed by atoms with Crippen molar-refractivity contribution >= 4 is 38.8 Å². The van der Waals surface area contributed by atoms with Gasteiger partial charge < -0.3 is 14.0 Å². The molecule has 3 aromatic rings. The first-order valence-corrected chi connectivity index (χ1v) is 11.8. The highest BCUT2D eigenvalue weighted by molar-refractivity contribution is 7.91. The Kier molecular flexibility index (Phi) is 7.15. The van der Waals surface area contributed by atoms with Gasteiger partial charge in [-0.1, -0.05) is 43.7 Å². The van der Waals surface area contributed by atoms with Gasteiger partial charge in [-0.25, -0.2) is 18.0 Å². The van der Waals surface area contributed by atoms with E-state index in [-0.39, 0.29) is 16.2 Å². The summed E-state index contributed by atoms with van der Waals surface area (Å²) in [6, 6.07) is 14.1. The van der Waals surface area contributed by atoms with Crippen LogP contribution >= 0.6 is 0 Å². The van der Waals surface area contributed by atoms with Crippen molar-refractivity contribution in [1.29, 1.82) is 0 Å². The number of ether oxygens (including phenoxy) is 2. The summed E-state index contributed by atoms with van der Waals surface area (Å²) in [5.74, 6) is -1.59. The molecule has 0 atom stereocenters. The van der Waals surface area contributed by atoms with Crippen LogP contribution in [0.4, 0.5) is 0 Å². The minimum Gasteiger partial charge on any atom is -0.465 e. The molecule has 0 aliphatic heterocycles. The van der Waals surface area contributed by atoms with E-state index in [0.29, 0.717) is 17.7 Å². The molecule has 0 unspecified atom stereocenters. The number of benzene rings is 2. The minimum absolute atomic E-state index is 0.0568. The number of methoxy groups -OCH3 is 2. The molecule has 8 heteroatoms. The second-order valence-electron chi connectivity index (χ2n) is 7.15. The van der Waals surface area contributed by atoms with E-state index >= 15 is 0 Å². The van der Waals surface area contributed by atoms with E-state index in [9.17, 15) is 18.0 Å². The molecule has 0 saturated heterocycles. The molecule has 0 aliphatic carbocycles. The number of unbranched alkanes of at least 4 members (excludes halogenated alkanes) is 1. The molecule has 1 aromatic heterocycles. The number of fused-ring (bicyclic) bond motifs is 1. The third-order valence-corrected chi connectivity index (χ3v) is 6.92. The van der Waals surface area contributed by atoms with Crippen molar-refractivity contribution in [3.63, 3.8) is 0 Å². The SMILES string of the molecule is CCCCS(=O)(=O)c1ccccc1-n1cc(C=C(C(=O)OC)C(=O)OC)c2ccccc21. The van der Waals surface area contributed by atoms with E-state index in [1.807, 2.05) is 31.2 Å². The lowest BCUT2D eigenvalue weighted by Gasteiger charge is -2.12. The van der Waals surface area contributed by atoms with Gasteiger partial charge in [-0.05, 0) is 30.7 Å². The molecule has 0 N–H and O–H groups in total. The smallest absolute Gasteiger partial charge is 0.345 e. The Morgan fingerprint density at radius 3 is 2.25 bits per heavy atom. The van der Waals surface area contributed by atoms with Crippen LogP contribution in [0, 0.1) is 0 Å². The first-order chi connectivity index (χ1) is 15.3. The number of carbonyl (C=O) groups is 2. The third-order valence-electron chi connectivity index (χ3n) is 5.08. The van der Waals surface area contributed by atoms with E-state index < -0.39 is 21.8 Å². The Morgan fingerprint density at radius 2 is 1.59 bits per heavy atom. The predicted molar refractivity (Wildman–Crippen MR) is 122 cm³/mol. The summed E-state index contributed by atoms with van der Waals surface area (Å²) >= 11 is 0. The van der Waals surface area contributed by atoms with E-state index in [1.54, 1.807) is 35.0 Å². The first kappa shape index (κ1) is 23.3. The highest BCUT2D eigenvalue weighted by Gasteiger charge is 2.23. The maximum Gasteiger partial charge on any atom is 0.345 e. The number of para-hydroxylation sites is 2. The number of sulfone groups is 1. The molecule has 1 heterocycles. The Balaban J connectivity index is 2.26. The Labute approximate surface area is 187 Å². The standard InChI is InChI=1S/C24H25NO6S/c1-4-5-14-32(28,29)22-13-9-8-12-21(22)25-16-17(18-10-6-7-11-20(18)25)15-19(23(26)30-2)24(27)31-3/h6-13,15-16H,4-5,14H2,1-3H3. The van der Waals surface area contributed by atoms with Gasteiger partial charge in [0.05, 0.1) is 36.1 Å². The fraction of sp³-hybridized carbons (Fsp3) is 0.250. The van der Waals surface area contributed by atoms with Crippen molar-refractivity contribution in [2.24, 2.45) is 0 Å². The Hall–Kier alpha value is -3.39. The van der Waals surface area contributed by atoms with Crippen molar-refractivity contribution in [2.75, 3.05) is 20.0 Å². The maximum atomic E-state index is 13.0. The van der Waals surface area contributed by atoms with Crippen molar-refractivity contribution < 1.29 is 27.5 Å². The van der Waals surface area contributed by atoms with E-state index in [0.717, 1.165) is 17.3 Å². The lowest BCUT2D eigenvalue weighted by atomic mass is 10.1. The van der Waals surface area contributed by atoms with Gasteiger partial charge in [0.1, 0.15) is 5.57 Å². The van der Waals surface area contributed by atoms with Crippen LogP contribution in [0.5, 0.6) is 0 Å². The number of aromatic nitrogens is 1. The second kappa shape index (κ2) is 9.82. The fourth-order valence-electron chi connectivity index (χ4n) is 3.46. The molecule has 2 aromatic carbocycles. The molecule has 0 bridgehead atoms. The van der Waals surface area contributed by atoms with Gasteiger partial charge >= 0.3 is 11.9 Å². The molecule has 0 aliphatic rings. The molecule has 0 fully saturated rings. The Bertz CT molecular complexity index is 1270. The largest absolute Gasteiger partial charge is 0.465 e. The summed E-state index contributed by atoms with van der Waals surface area (Å²) < 4.78 is 37.2. The third kappa shape index (κ3) is 4.60. The van der Waals surface area contributed by atoms with E-state index in [1.165, 1.54) is 20.3 Å². The molecule has 0 radical (unpaired) electrons. The van der Waals surface area contributed by atoms with Crippen LogP contribution in [-0.4, -0.2) is 44.9 Å². The molecule has 7 nitrogen and oxygen atoms in total. The van der Waals surface area contributed by atoms with Gasteiger partial charge in [0.15, 0.2) is 9.84 Å². The highest BCUT2D eigenvalue weighted by Crippen LogP contribution is 2.30. The number of esters is 2. The zero-order chi connectivity index (χ0) is 23.3. The van der Waals surface area contributed by atoms with Crippen LogP contribution < -0.4 is 0 Å².